The van der Waals surface area contributed by atoms with E-state index in [9.17, 15) is 0 Å². The van der Waals surface area contributed by atoms with E-state index < -0.39 is 0 Å². The third-order valence-electron chi connectivity index (χ3n) is 3.93. The molecule has 4 nitrogen and oxygen atoms in total. The van der Waals surface area contributed by atoms with Crippen molar-refractivity contribution in [2.45, 2.75) is 19.1 Å². The maximum atomic E-state index is 6.25. The Balaban J connectivity index is 1.79. The van der Waals surface area contributed by atoms with Crippen molar-refractivity contribution in [2.24, 2.45) is 5.73 Å². The van der Waals surface area contributed by atoms with Crippen LogP contribution in [0.1, 0.15) is 22.9 Å². The molecule has 1 unspecified atom stereocenters. The van der Waals surface area contributed by atoms with Crippen LogP contribution >= 0.6 is 11.6 Å². The van der Waals surface area contributed by atoms with Gasteiger partial charge in [0.25, 0.3) is 0 Å². The number of benzene rings is 2. The van der Waals surface area contributed by atoms with Gasteiger partial charge in [0.15, 0.2) is 11.5 Å². The zero-order chi connectivity index (χ0) is 17.6. The van der Waals surface area contributed by atoms with Crippen LogP contribution in [0.5, 0.6) is 11.5 Å². The zero-order valence-electron chi connectivity index (χ0n) is 13.9. The molecule has 0 aliphatic carbocycles. The summed E-state index contributed by atoms with van der Waals surface area (Å²) in [6.45, 7) is 0.417. The molecule has 3 aromatic rings. The highest BCUT2D eigenvalue weighted by molar-refractivity contribution is 6.30. The van der Waals surface area contributed by atoms with Gasteiger partial charge in [0, 0.05) is 10.6 Å². The minimum absolute atomic E-state index is 0.250. The molecular formula is C20H20ClNO3. The molecule has 0 saturated heterocycles. The first-order valence-corrected chi connectivity index (χ1v) is 8.37. The van der Waals surface area contributed by atoms with E-state index in [1.54, 1.807) is 13.4 Å². The van der Waals surface area contributed by atoms with E-state index in [1.807, 2.05) is 54.6 Å². The molecule has 1 aromatic heterocycles. The second-order valence-electron chi connectivity index (χ2n) is 5.69. The molecular weight excluding hydrogens is 338 g/mol. The highest BCUT2D eigenvalue weighted by Crippen LogP contribution is 2.34. The van der Waals surface area contributed by atoms with Crippen LogP contribution in [-0.4, -0.2) is 7.11 Å². The summed E-state index contributed by atoms with van der Waals surface area (Å²) in [6, 6.07) is 16.8. The number of hydrogen-bond donors (Lipinski definition) is 1. The molecule has 3 rings (SSSR count). The van der Waals surface area contributed by atoms with E-state index in [1.165, 1.54) is 0 Å². The summed E-state index contributed by atoms with van der Waals surface area (Å²) in [5.74, 6) is 2.12. The fraction of sp³-hybridized carbons (Fsp3) is 0.200. The van der Waals surface area contributed by atoms with Crippen LogP contribution in [0.4, 0.5) is 0 Å². The molecule has 0 aliphatic rings. The van der Waals surface area contributed by atoms with E-state index in [4.69, 9.17) is 31.2 Å². The van der Waals surface area contributed by atoms with Crippen LogP contribution in [-0.2, 0) is 13.0 Å². The molecule has 2 aromatic carbocycles. The average molecular weight is 358 g/mol. The first-order chi connectivity index (χ1) is 12.2. The summed E-state index contributed by atoms with van der Waals surface area (Å²) in [5, 5.41) is 0.700. The molecule has 0 bridgehead atoms. The topological polar surface area (TPSA) is 57.6 Å². The van der Waals surface area contributed by atoms with Gasteiger partial charge in [-0.05, 0) is 42.3 Å². The van der Waals surface area contributed by atoms with Crippen molar-refractivity contribution in [3.63, 3.8) is 0 Å². The molecule has 2 N–H and O–H groups in total. The van der Waals surface area contributed by atoms with Crippen LogP contribution in [0.15, 0.2) is 65.3 Å². The molecule has 0 aliphatic heterocycles. The Morgan fingerprint density at radius 3 is 2.56 bits per heavy atom. The van der Waals surface area contributed by atoms with E-state index in [-0.39, 0.29) is 6.04 Å². The number of methoxy groups -OCH3 is 1. The number of hydrogen-bond acceptors (Lipinski definition) is 4. The Bertz CT molecular complexity index is 800. The van der Waals surface area contributed by atoms with Crippen LogP contribution in [0, 0.1) is 0 Å². The lowest BCUT2D eigenvalue weighted by atomic mass is 10.0. The van der Waals surface area contributed by atoms with Crippen LogP contribution < -0.4 is 15.2 Å². The highest BCUT2D eigenvalue weighted by atomic mass is 35.5. The molecule has 0 amide bonds. The predicted octanol–water partition coefficient (Wildman–Crippen LogP) is 4.76. The van der Waals surface area contributed by atoms with Gasteiger partial charge < -0.3 is 19.6 Å². The first-order valence-electron chi connectivity index (χ1n) is 7.99. The van der Waals surface area contributed by atoms with E-state index in [0.717, 1.165) is 16.9 Å². The minimum Gasteiger partial charge on any atom is -0.493 e. The summed E-state index contributed by atoms with van der Waals surface area (Å²) in [4.78, 5) is 0. The number of ether oxygens (including phenoxy) is 2. The van der Waals surface area contributed by atoms with Gasteiger partial charge in [0.1, 0.15) is 12.4 Å². The van der Waals surface area contributed by atoms with Gasteiger partial charge in [0.05, 0.1) is 19.4 Å². The molecule has 130 valence electrons. The van der Waals surface area contributed by atoms with Gasteiger partial charge in [0.2, 0.25) is 0 Å². The molecule has 0 radical (unpaired) electrons. The van der Waals surface area contributed by atoms with Crippen molar-refractivity contribution in [2.75, 3.05) is 7.11 Å². The zero-order valence-corrected chi connectivity index (χ0v) is 14.7. The Labute approximate surface area is 152 Å². The summed E-state index contributed by atoms with van der Waals surface area (Å²) in [7, 11) is 1.63. The molecule has 1 atom stereocenters. The van der Waals surface area contributed by atoms with Gasteiger partial charge in [-0.15, -0.1) is 0 Å². The van der Waals surface area contributed by atoms with E-state index >= 15 is 0 Å². The summed E-state index contributed by atoms with van der Waals surface area (Å²) in [6.07, 6.45) is 2.21. The predicted molar refractivity (Wildman–Crippen MR) is 98.1 cm³/mol. The summed E-state index contributed by atoms with van der Waals surface area (Å²) < 4.78 is 16.9. The molecule has 0 spiro atoms. The lowest BCUT2D eigenvalue weighted by Crippen LogP contribution is -2.13. The van der Waals surface area contributed by atoms with Crippen molar-refractivity contribution in [1.29, 1.82) is 0 Å². The number of halogens is 1. The lowest BCUT2D eigenvalue weighted by molar-refractivity contribution is 0.280. The monoisotopic (exact) mass is 357 g/mol. The number of furan rings is 1. The third kappa shape index (κ3) is 4.35. The van der Waals surface area contributed by atoms with Gasteiger partial charge in [-0.3, -0.25) is 0 Å². The van der Waals surface area contributed by atoms with Crippen LogP contribution in [0.25, 0.3) is 0 Å². The van der Waals surface area contributed by atoms with Gasteiger partial charge in [-0.25, -0.2) is 0 Å². The van der Waals surface area contributed by atoms with Crippen molar-refractivity contribution < 1.29 is 13.9 Å². The Morgan fingerprint density at radius 2 is 1.88 bits per heavy atom. The standard InChI is InChI=1S/C20H20ClNO3/c1-23-19-5-2-4-15(12-17(22)18-6-3-11-24-18)20(19)25-13-14-7-9-16(21)10-8-14/h2-11,17H,12-13,22H2,1H3. The van der Waals surface area contributed by atoms with Crippen molar-refractivity contribution in [3.8, 4) is 11.5 Å². The second-order valence-corrected chi connectivity index (χ2v) is 6.13. The Morgan fingerprint density at radius 1 is 1.08 bits per heavy atom. The minimum atomic E-state index is -0.250. The van der Waals surface area contributed by atoms with E-state index in [0.29, 0.717) is 29.5 Å². The molecule has 0 fully saturated rings. The number of rotatable bonds is 7. The Kier molecular flexibility index (Phi) is 5.64. The largest absolute Gasteiger partial charge is 0.493 e. The van der Waals surface area contributed by atoms with Crippen molar-refractivity contribution in [1.82, 2.24) is 0 Å². The second kappa shape index (κ2) is 8.10. The SMILES string of the molecule is COc1cccc(CC(N)c2ccco2)c1OCc1ccc(Cl)cc1. The maximum Gasteiger partial charge on any atom is 0.164 e. The lowest BCUT2D eigenvalue weighted by Gasteiger charge is -2.17. The summed E-state index contributed by atoms with van der Waals surface area (Å²) >= 11 is 5.92. The molecule has 5 heteroatoms. The fourth-order valence-corrected chi connectivity index (χ4v) is 2.75. The maximum absolute atomic E-state index is 6.25. The van der Waals surface area contributed by atoms with Crippen LogP contribution in [0.3, 0.4) is 0 Å². The first kappa shape index (κ1) is 17.4. The van der Waals surface area contributed by atoms with Crippen molar-refractivity contribution in [3.05, 3.63) is 82.8 Å². The highest BCUT2D eigenvalue weighted by Gasteiger charge is 2.16. The normalized spacial score (nSPS) is 12.0. The quantitative estimate of drug-likeness (QED) is 0.662. The van der Waals surface area contributed by atoms with Gasteiger partial charge in [-0.1, -0.05) is 35.9 Å². The smallest absolute Gasteiger partial charge is 0.164 e. The number of para-hydroxylation sites is 1. The van der Waals surface area contributed by atoms with Gasteiger partial charge in [-0.2, -0.15) is 0 Å². The number of nitrogens with two attached hydrogens (primary N) is 1. The average Bonchev–Trinajstić information content (AvgIpc) is 3.16. The molecule has 0 saturated carbocycles. The van der Waals surface area contributed by atoms with Gasteiger partial charge >= 0.3 is 0 Å². The van der Waals surface area contributed by atoms with Crippen molar-refractivity contribution >= 4 is 11.6 Å². The fourth-order valence-electron chi connectivity index (χ4n) is 2.62. The van der Waals surface area contributed by atoms with E-state index in [2.05, 4.69) is 0 Å². The molecule has 25 heavy (non-hydrogen) atoms. The summed E-state index contributed by atoms with van der Waals surface area (Å²) in [5.41, 5.74) is 8.25. The Hall–Kier alpha value is -2.43. The molecule has 1 heterocycles. The van der Waals surface area contributed by atoms with Crippen LogP contribution in [0.2, 0.25) is 5.02 Å². The third-order valence-corrected chi connectivity index (χ3v) is 4.18.